The fraction of sp³-hybridized carbons (Fsp3) is 1.00. The number of unbranched alkanes of at least 4 members (excludes halogenated alkanes) is 3. The summed E-state index contributed by atoms with van der Waals surface area (Å²) in [6.07, 6.45) is 10.5. The van der Waals surface area contributed by atoms with Crippen molar-refractivity contribution in [3.63, 3.8) is 0 Å². The fourth-order valence-electron chi connectivity index (χ4n) is 1.90. The van der Waals surface area contributed by atoms with Gasteiger partial charge in [-0.3, -0.25) is 11.3 Å². The normalized spacial score (nSPS) is 13.4. The van der Waals surface area contributed by atoms with Crippen molar-refractivity contribution in [2.75, 3.05) is 0 Å². The van der Waals surface area contributed by atoms with E-state index in [1.165, 1.54) is 51.4 Å². The number of nitrogens with two attached hydrogens (primary N) is 1. The molecule has 0 aromatic heterocycles. The highest BCUT2D eigenvalue weighted by Gasteiger charge is 2.06. The molecule has 1 unspecified atom stereocenters. The standard InChI is InChI=1S/C13H30N2/c1-4-5-6-7-10-13(15-14)11-8-9-12(2)3/h12-13,15H,4-11,14H2,1-3H3. The third-order valence-corrected chi connectivity index (χ3v) is 2.98. The Morgan fingerprint density at radius 2 is 1.60 bits per heavy atom. The maximum absolute atomic E-state index is 5.55. The van der Waals surface area contributed by atoms with E-state index in [9.17, 15) is 0 Å². The van der Waals surface area contributed by atoms with Gasteiger partial charge in [-0.25, -0.2) is 0 Å². The van der Waals surface area contributed by atoms with Crippen molar-refractivity contribution in [2.24, 2.45) is 11.8 Å². The predicted octanol–water partition coefficient (Wildman–Crippen LogP) is 3.62. The van der Waals surface area contributed by atoms with E-state index in [0.29, 0.717) is 6.04 Å². The Balaban J connectivity index is 3.38. The van der Waals surface area contributed by atoms with Gasteiger partial charge in [0.25, 0.3) is 0 Å². The van der Waals surface area contributed by atoms with Crippen LogP contribution in [0.3, 0.4) is 0 Å². The summed E-state index contributed by atoms with van der Waals surface area (Å²) in [5.74, 6) is 6.38. The molecule has 0 radical (unpaired) electrons. The van der Waals surface area contributed by atoms with Crippen LogP contribution < -0.4 is 11.3 Å². The van der Waals surface area contributed by atoms with Gasteiger partial charge in [0.05, 0.1) is 0 Å². The fourth-order valence-corrected chi connectivity index (χ4v) is 1.90. The molecular formula is C13H30N2. The summed E-state index contributed by atoms with van der Waals surface area (Å²) in [4.78, 5) is 0. The first-order valence-electron chi connectivity index (χ1n) is 6.66. The van der Waals surface area contributed by atoms with Crippen molar-refractivity contribution < 1.29 is 0 Å². The smallest absolute Gasteiger partial charge is 0.0210 e. The van der Waals surface area contributed by atoms with Gasteiger partial charge in [-0.15, -0.1) is 0 Å². The van der Waals surface area contributed by atoms with Crippen molar-refractivity contribution >= 4 is 0 Å². The quantitative estimate of drug-likeness (QED) is 0.331. The van der Waals surface area contributed by atoms with E-state index in [2.05, 4.69) is 26.2 Å². The van der Waals surface area contributed by atoms with Crippen LogP contribution in [-0.4, -0.2) is 6.04 Å². The molecule has 2 heteroatoms. The lowest BCUT2D eigenvalue weighted by molar-refractivity contribution is 0.409. The van der Waals surface area contributed by atoms with Gasteiger partial charge in [0.15, 0.2) is 0 Å². The van der Waals surface area contributed by atoms with Crippen LogP contribution in [0.25, 0.3) is 0 Å². The van der Waals surface area contributed by atoms with E-state index in [1.54, 1.807) is 0 Å². The Morgan fingerprint density at radius 1 is 0.933 bits per heavy atom. The van der Waals surface area contributed by atoms with E-state index in [1.807, 2.05) is 0 Å². The monoisotopic (exact) mass is 214 g/mol. The van der Waals surface area contributed by atoms with Crippen LogP contribution >= 0.6 is 0 Å². The molecule has 1 atom stereocenters. The molecule has 0 aliphatic heterocycles. The summed E-state index contributed by atoms with van der Waals surface area (Å²) in [6, 6.07) is 0.542. The summed E-state index contributed by atoms with van der Waals surface area (Å²) in [5.41, 5.74) is 2.95. The predicted molar refractivity (Wildman–Crippen MR) is 68.6 cm³/mol. The third kappa shape index (κ3) is 10.2. The first-order chi connectivity index (χ1) is 7.20. The molecule has 2 nitrogen and oxygen atoms in total. The molecule has 15 heavy (non-hydrogen) atoms. The topological polar surface area (TPSA) is 38.0 Å². The van der Waals surface area contributed by atoms with Gasteiger partial charge in [-0.1, -0.05) is 59.3 Å². The summed E-state index contributed by atoms with van der Waals surface area (Å²) >= 11 is 0. The highest BCUT2D eigenvalue weighted by atomic mass is 15.2. The van der Waals surface area contributed by atoms with E-state index >= 15 is 0 Å². The van der Waals surface area contributed by atoms with Crippen LogP contribution in [0.1, 0.15) is 72.1 Å². The zero-order chi connectivity index (χ0) is 11.5. The Hall–Kier alpha value is -0.0800. The minimum absolute atomic E-state index is 0.542. The van der Waals surface area contributed by atoms with E-state index in [0.717, 1.165) is 5.92 Å². The second-order valence-corrected chi connectivity index (χ2v) is 5.04. The Labute approximate surface area is 96.0 Å². The van der Waals surface area contributed by atoms with Gasteiger partial charge in [0.2, 0.25) is 0 Å². The third-order valence-electron chi connectivity index (χ3n) is 2.98. The van der Waals surface area contributed by atoms with E-state index < -0.39 is 0 Å². The van der Waals surface area contributed by atoms with Crippen LogP contribution in [-0.2, 0) is 0 Å². The molecule has 0 heterocycles. The van der Waals surface area contributed by atoms with E-state index in [4.69, 9.17) is 5.84 Å². The Bertz CT molecular complexity index is 124. The molecule has 0 amide bonds. The van der Waals surface area contributed by atoms with Gasteiger partial charge in [0, 0.05) is 6.04 Å². The first kappa shape index (κ1) is 14.9. The van der Waals surface area contributed by atoms with Crippen LogP contribution in [0.4, 0.5) is 0 Å². The molecular weight excluding hydrogens is 184 g/mol. The summed E-state index contributed by atoms with van der Waals surface area (Å²) < 4.78 is 0. The van der Waals surface area contributed by atoms with Crippen molar-refractivity contribution in [1.82, 2.24) is 5.43 Å². The van der Waals surface area contributed by atoms with Gasteiger partial charge in [-0.05, 0) is 18.8 Å². The second-order valence-electron chi connectivity index (χ2n) is 5.04. The second kappa shape index (κ2) is 10.4. The van der Waals surface area contributed by atoms with Crippen molar-refractivity contribution in [3.8, 4) is 0 Å². The molecule has 0 fully saturated rings. The average Bonchev–Trinajstić information content (AvgIpc) is 2.21. The molecule has 0 aliphatic rings. The summed E-state index contributed by atoms with van der Waals surface area (Å²) in [5, 5.41) is 0. The van der Waals surface area contributed by atoms with Crippen LogP contribution in [0.5, 0.6) is 0 Å². The molecule has 3 N–H and O–H groups in total. The number of hydrazine groups is 1. The Morgan fingerprint density at radius 3 is 2.13 bits per heavy atom. The van der Waals surface area contributed by atoms with Gasteiger partial charge >= 0.3 is 0 Å². The van der Waals surface area contributed by atoms with Crippen LogP contribution in [0.2, 0.25) is 0 Å². The summed E-state index contributed by atoms with van der Waals surface area (Å²) in [7, 11) is 0. The average molecular weight is 214 g/mol. The lowest BCUT2D eigenvalue weighted by Crippen LogP contribution is -2.35. The van der Waals surface area contributed by atoms with Crippen LogP contribution in [0.15, 0.2) is 0 Å². The van der Waals surface area contributed by atoms with Gasteiger partial charge in [-0.2, -0.15) is 0 Å². The zero-order valence-electron chi connectivity index (χ0n) is 10.9. The molecule has 0 saturated carbocycles. The number of hydrogen-bond donors (Lipinski definition) is 2. The van der Waals surface area contributed by atoms with Crippen molar-refractivity contribution in [3.05, 3.63) is 0 Å². The van der Waals surface area contributed by atoms with E-state index in [-0.39, 0.29) is 0 Å². The Kier molecular flexibility index (Phi) is 10.4. The first-order valence-corrected chi connectivity index (χ1v) is 6.66. The maximum Gasteiger partial charge on any atom is 0.0210 e. The summed E-state index contributed by atoms with van der Waals surface area (Å²) in [6.45, 7) is 6.82. The lowest BCUT2D eigenvalue weighted by atomic mass is 9.99. The SMILES string of the molecule is CCCCCCC(CCCC(C)C)NN. The molecule has 0 spiro atoms. The number of hydrogen-bond acceptors (Lipinski definition) is 2. The van der Waals surface area contributed by atoms with Gasteiger partial charge < -0.3 is 0 Å². The molecule has 0 saturated heterocycles. The van der Waals surface area contributed by atoms with Crippen molar-refractivity contribution in [2.45, 2.75) is 78.2 Å². The molecule has 0 aromatic rings. The van der Waals surface area contributed by atoms with Gasteiger partial charge in [0.1, 0.15) is 0 Å². The molecule has 0 aliphatic carbocycles. The highest BCUT2D eigenvalue weighted by molar-refractivity contribution is 4.64. The largest absolute Gasteiger partial charge is 0.271 e. The maximum atomic E-state index is 5.55. The van der Waals surface area contributed by atoms with Crippen molar-refractivity contribution in [1.29, 1.82) is 0 Å². The van der Waals surface area contributed by atoms with Crippen LogP contribution in [0, 0.1) is 5.92 Å². The minimum Gasteiger partial charge on any atom is -0.271 e. The molecule has 0 rings (SSSR count). The molecule has 0 bridgehead atoms. The minimum atomic E-state index is 0.542. The zero-order valence-corrected chi connectivity index (χ0v) is 10.9. The lowest BCUT2D eigenvalue weighted by Gasteiger charge is -2.16. The number of rotatable bonds is 10. The molecule has 92 valence electrons. The number of nitrogens with one attached hydrogen (secondary N) is 1. The molecule has 0 aromatic carbocycles. The highest BCUT2D eigenvalue weighted by Crippen LogP contribution is 2.12.